The van der Waals surface area contributed by atoms with E-state index >= 15 is 0 Å². The van der Waals surface area contributed by atoms with Crippen LogP contribution < -0.4 is 0 Å². The molecule has 0 fully saturated rings. The van der Waals surface area contributed by atoms with Gasteiger partial charge in [0.1, 0.15) is 17.6 Å². The molecule has 0 spiro atoms. The first-order chi connectivity index (χ1) is 69.9. The van der Waals surface area contributed by atoms with Crippen LogP contribution in [0.3, 0.4) is 0 Å². The molecule has 145 heavy (non-hydrogen) atoms. The Morgan fingerprint density at radius 3 is 1.25 bits per heavy atom. The monoisotopic (exact) mass is 2100 g/mol. The summed E-state index contributed by atoms with van der Waals surface area (Å²) in [6, 6.07) is 98.3. The van der Waals surface area contributed by atoms with Crippen LogP contribution in [0.2, 0.25) is 0 Å². The molecule has 0 bridgehead atoms. The molecule has 3 aliphatic carbocycles. The van der Waals surface area contributed by atoms with Crippen molar-refractivity contribution in [3.8, 4) is 57.5 Å². The maximum absolute atomic E-state index is 12.2. The lowest BCUT2D eigenvalue weighted by atomic mass is 9.65. The van der Waals surface area contributed by atoms with Crippen LogP contribution in [0.1, 0.15) is 155 Å². The first-order valence-corrected chi connectivity index (χ1v) is 49.6. The van der Waals surface area contributed by atoms with Crippen molar-refractivity contribution in [2.24, 2.45) is 0 Å². The quantitative estimate of drug-likeness (QED) is 0.0299. The van der Waals surface area contributed by atoms with E-state index in [4.69, 9.17) is 0 Å². The van der Waals surface area contributed by atoms with Crippen LogP contribution in [-0.4, -0.2) is 97.3 Å². The summed E-state index contributed by atoms with van der Waals surface area (Å²) >= 11 is 10.6. The molecule has 7 heterocycles. The third-order valence-corrected chi connectivity index (χ3v) is 29.9. The van der Waals surface area contributed by atoms with Gasteiger partial charge >= 0.3 is 0 Å². The number of nitrogens with one attached hydrogen (secondary N) is 7. The molecule has 0 saturated carbocycles. The minimum atomic E-state index is -1.66. The number of phenolic OH excluding ortho intramolecular Hbond substituents is 10. The van der Waals surface area contributed by atoms with E-state index in [2.05, 4.69) is 243 Å². The number of aldehydes is 1. The molecule has 720 valence electrons. The van der Waals surface area contributed by atoms with Crippen LogP contribution in [-0.2, 0) is 30.3 Å². The van der Waals surface area contributed by atoms with Crippen LogP contribution in [0.4, 0.5) is 0 Å². The summed E-state index contributed by atoms with van der Waals surface area (Å²) in [6.45, 7) is 4.22. The number of aromatic amines is 7. The van der Waals surface area contributed by atoms with E-state index in [-0.39, 0.29) is 59.5 Å². The van der Waals surface area contributed by atoms with Gasteiger partial charge in [0.05, 0.1) is 0 Å². The molecular formula is C123H100Br3N7O12. The Morgan fingerprint density at radius 2 is 0.710 bits per heavy atom. The number of rotatable bonds is 17. The van der Waals surface area contributed by atoms with Crippen molar-refractivity contribution in [3.63, 3.8) is 0 Å². The lowest BCUT2D eigenvalue weighted by Gasteiger charge is -2.36. The third-order valence-electron chi connectivity index (χ3n) is 28.4. The standard InChI is InChI=1S/C26H23NO3.C25H19NO.C24H19BrN2O.C24H19NO4.C23H16Br2N2O3.CH4/c1-2-26(17-13-23(28)25(30)24(29)14-17,20-12-11-16-7-3-4-8-18(16)20)21-15-27-22-10-6-5-9-19(21)22;27-16-17-6-5-8-19(14-17)25(22-13-12-18-7-1-2-9-20(18)22)23-15-26-24-11-4-3-10-21(23)24;1-14-2-8-18-20(12-26-22(18)10-14)24(15-3-5-16(25)6-4-15)21-13-27-23-11-17(28)7-9-19(21)23;26-21-11-15(12-22(27)23(21)28)24(29,18-10-9-14-5-1-2-6-16(14)18)19-13-25-20-8-4-3-7-17(19)20;24-12-1-3-14-16(9-26-18(14)7-12)22(11-5-20(28)23(30)21(29)6-11)17-10-27-19-8-13(25)2-4-15(17)19;/h3-10,12-15,27-30H,2,11H2,1H3;1-11,13-16,25-26H,12H2;2-13,24,26-28H,1H3;1-8,10-13,25-29H,9H2;1-10,22,26-30H;1H4. The number of aryl methyl sites for hydroxylation is 1. The number of carbonyl (C=O) groups is 1. The lowest BCUT2D eigenvalue weighted by Crippen LogP contribution is -2.28. The summed E-state index contributed by atoms with van der Waals surface area (Å²) in [5.41, 5.74) is 28.4. The maximum Gasteiger partial charge on any atom is 0.200 e. The fourth-order valence-electron chi connectivity index (χ4n) is 21.6. The molecule has 15 aromatic carbocycles. The molecule has 4 atom stereocenters. The molecule has 7 aromatic heterocycles. The van der Waals surface area contributed by atoms with Gasteiger partial charge in [-0.15, -0.1) is 0 Å². The van der Waals surface area contributed by atoms with E-state index in [1.165, 1.54) is 90.7 Å². The normalized spacial score (nSPS) is 13.6. The fourth-order valence-corrected chi connectivity index (χ4v) is 22.6. The smallest absolute Gasteiger partial charge is 0.200 e. The number of H-pyrrole nitrogens is 7. The van der Waals surface area contributed by atoms with Gasteiger partial charge in [0, 0.05) is 179 Å². The Balaban J connectivity index is 0.000000110. The topological polar surface area (TPSA) is 350 Å². The molecule has 22 heteroatoms. The van der Waals surface area contributed by atoms with Gasteiger partial charge in [-0.3, -0.25) is 4.79 Å². The van der Waals surface area contributed by atoms with Crippen LogP contribution in [0.15, 0.2) is 378 Å². The Morgan fingerprint density at radius 1 is 0.324 bits per heavy atom. The van der Waals surface area contributed by atoms with Gasteiger partial charge in [0.25, 0.3) is 0 Å². The second-order valence-electron chi connectivity index (χ2n) is 36.6. The highest BCUT2D eigenvalue weighted by Crippen LogP contribution is 2.57. The maximum atomic E-state index is 12.2. The van der Waals surface area contributed by atoms with Crippen LogP contribution in [0, 0.1) is 6.92 Å². The van der Waals surface area contributed by atoms with Crippen molar-refractivity contribution in [2.45, 2.75) is 75.7 Å². The van der Waals surface area contributed by atoms with Gasteiger partial charge in [-0.2, -0.15) is 0 Å². The van der Waals surface area contributed by atoms with Gasteiger partial charge in [-0.1, -0.05) is 262 Å². The Hall–Kier alpha value is -16.6. The Kier molecular flexibility index (Phi) is 26.2. The summed E-state index contributed by atoms with van der Waals surface area (Å²) in [7, 11) is 0. The summed E-state index contributed by atoms with van der Waals surface area (Å²) in [6.07, 6.45) is 24.6. The fraction of sp³-hybridized carbons (Fsp3) is 0.0976. The molecule has 0 amide bonds. The van der Waals surface area contributed by atoms with Crippen molar-refractivity contribution < 1.29 is 61.0 Å². The van der Waals surface area contributed by atoms with E-state index in [0.717, 1.165) is 143 Å². The molecule has 4 unspecified atom stereocenters. The Labute approximate surface area is 859 Å². The van der Waals surface area contributed by atoms with E-state index < -0.39 is 39.8 Å². The van der Waals surface area contributed by atoms with Crippen molar-refractivity contribution >= 4 is 147 Å². The zero-order valence-corrected chi connectivity index (χ0v) is 82.5. The first kappa shape index (κ1) is 95.9. The van der Waals surface area contributed by atoms with Crippen molar-refractivity contribution in [1.82, 2.24) is 34.9 Å². The van der Waals surface area contributed by atoms with Crippen LogP contribution >= 0.6 is 47.8 Å². The molecule has 25 rings (SSSR count). The highest BCUT2D eigenvalue weighted by Gasteiger charge is 2.45. The number of aromatic nitrogens is 7. The van der Waals surface area contributed by atoms with E-state index in [1.807, 2.05) is 164 Å². The highest BCUT2D eigenvalue weighted by molar-refractivity contribution is 9.11. The number of carbonyl (C=O) groups excluding carboxylic acids is 1. The van der Waals surface area contributed by atoms with Crippen LogP contribution in [0.25, 0.3) is 93.0 Å². The minimum Gasteiger partial charge on any atom is -0.508 e. The number of hydrogen-bond acceptors (Lipinski definition) is 12. The van der Waals surface area contributed by atoms with Crippen molar-refractivity contribution in [2.75, 3.05) is 0 Å². The average molecular weight is 2110 g/mol. The van der Waals surface area contributed by atoms with E-state index in [9.17, 15) is 61.0 Å². The number of aromatic hydroxyl groups is 10. The number of aliphatic hydroxyl groups is 1. The number of phenols is 10. The summed E-state index contributed by atoms with van der Waals surface area (Å²) in [5.74, 6) is -3.87. The first-order valence-electron chi connectivity index (χ1n) is 47.2. The highest BCUT2D eigenvalue weighted by atomic mass is 79.9. The number of fused-ring (bicyclic) bond motifs is 10. The number of hydrogen-bond donors (Lipinski definition) is 18. The van der Waals surface area contributed by atoms with Gasteiger partial charge in [-0.25, -0.2) is 0 Å². The zero-order chi connectivity index (χ0) is 99.5. The van der Waals surface area contributed by atoms with E-state index in [0.29, 0.717) is 35.1 Å². The zero-order valence-electron chi connectivity index (χ0n) is 77.7. The molecule has 0 saturated heterocycles. The number of allylic oxidation sites excluding steroid dienone is 5. The van der Waals surface area contributed by atoms with Crippen LogP contribution in [0.5, 0.6) is 57.5 Å². The molecule has 22 aromatic rings. The molecular weight excluding hydrogens is 2010 g/mol. The summed E-state index contributed by atoms with van der Waals surface area (Å²) < 4.78 is 3.00. The van der Waals surface area contributed by atoms with Gasteiger partial charge in [-0.05, 0) is 259 Å². The molecule has 19 nitrogen and oxygen atoms in total. The second-order valence-corrected chi connectivity index (χ2v) is 39.4. The Bertz CT molecular complexity index is 8620. The minimum absolute atomic E-state index is 0. The number of halogens is 3. The molecule has 0 radical (unpaired) electrons. The molecule has 18 N–H and O–H groups in total. The molecule has 3 aliphatic rings. The summed E-state index contributed by atoms with van der Waals surface area (Å²) in [5, 5.41) is 121. The van der Waals surface area contributed by atoms with Gasteiger partial charge in [0.2, 0.25) is 0 Å². The van der Waals surface area contributed by atoms with Crippen molar-refractivity contribution in [3.05, 3.63) is 490 Å². The van der Waals surface area contributed by atoms with E-state index in [1.54, 1.807) is 30.5 Å². The second kappa shape index (κ2) is 39.7. The van der Waals surface area contributed by atoms with Crippen molar-refractivity contribution in [1.29, 1.82) is 0 Å². The number of para-hydroxylation sites is 3. The SMILES string of the molecule is C.CCC(C1=CCc2ccccc21)(c1cc(O)c(O)c(O)c1)c1c[nH]c2ccccc12.Cc1ccc2c(C(c3ccc(Br)cc3)c3c[nH]c4cc(O)ccc34)c[nH]c2c1.O=Cc1cccc(C(C2=CCc3ccccc32)c2c[nH]c3ccccc23)c1.Oc1cc(C(O)(C2=CCc3ccccc32)c2c[nH]c3ccccc23)cc(O)c1O.Oc1cc(C(c2c[nH]c3cc(Br)ccc23)c2c[nH]c3cc(Br)ccc23)cc(O)c1O. The predicted octanol–water partition coefficient (Wildman–Crippen LogP) is 29.2. The predicted molar refractivity (Wildman–Crippen MR) is 589 cm³/mol. The third kappa shape index (κ3) is 17.7. The largest absolute Gasteiger partial charge is 0.508 e. The average Bonchev–Trinajstić information content (AvgIpc) is 1.59. The number of benzene rings is 15. The van der Waals surface area contributed by atoms with Gasteiger partial charge < -0.3 is 91.1 Å². The molecule has 0 aliphatic heterocycles. The lowest BCUT2D eigenvalue weighted by molar-refractivity contribution is 0.112. The summed E-state index contributed by atoms with van der Waals surface area (Å²) in [4.78, 5) is 34.8. The van der Waals surface area contributed by atoms with Gasteiger partial charge in [0.15, 0.2) is 51.7 Å².